The van der Waals surface area contributed by atoms with Gasteiger partial charge in [-0.3, -0.25) is 9.69 Å². The number of rotatable bonds is 7. The van der Waals surface area contributed by atoms with Gasteiger partial charge in [0.05, 0.1) is 19.8 Å². The van der Waals surface area contributed by atoms with Crippen LogP contribution in [0.1, 0.15) is 37.7 Å². The Morgan fingerprint density at radius 1 is 1.00 bits per heavy atom. The third kappa shape index (κ3) is 6.28. The zero-order valence-corrected chi connectivity index (χ0v) is 18.1. The summed E-state index contributed by atoms with van der Waals surface area (Å²) in [6.45, 7) is 4.30. The van der Waals surface area contributed by atoms with Gasteiger partial charge in [-0.2, -0.15) is 0 Å². The molecule has 2 fully saturated rings. The van der Waals surface area contributed by atoms with Gasteiger partial charge in [0.1, 0.15) is 5.82 Å². The summed E-state index contributed by atoms with van der Waals surface area (Å²) in [6.07, 6.45) is 5.90. The molecule has 0 aromatic heterocycles. The molecule has 1 aliphatic heterocycles. The lowest BCUT2D eigenvalue weighted by Gasteiger charge is -2.34. The lowest BCUT2D eigenvalue weighted by atomic mass is 9.93. The number of halogens is 1. The van der Waals surface area contributed by atoms with Crippen molar-refractivity contribution in [3.05, 3.63) is 59.9 Å². The van der Waals surface area contributed by atoms with Crippen molar-refractivity contribution in [3.63, 3.8) is 0 Å². The Bertz CT molecular complexity index is 829. The molecule has 166 valence electrons. The number of ether oxygens (including phenoxy) is 1. The van der Waals surface area contributed by atoms with Crippen LogP contribution >= 0.6 is 0 Å². The molecular formula is C25H32FN3O2. The number of amides is 1. The van der Waals surface area contributed by atoms with Crippen molar-refractivity contribution in [2.75, 3.05) is 43.1 Å². The summed E-state index contributed by atoms with van der Waals surface area (Å²) in [7, 11) is 0. The van der Waals surface area contributed by atoms with Crippen molar-refractivity contribution in [3.8, 4) is 0 Å². The van der Waals surface area contributed by atoms with E-state index in [9.17, 15) is 9.18 Å². The maximum absolute atomic E-state index is 13.3. The minimum absolute atomic E-state index is 0.00759. The van der Waals surface area contributed by atoms with Crippen molar-refractivity contribution in [2.24, 2.45) is 0 Å². The minimum atomic E-state index is -0.230. The van der Waals surface area contributed by atoms with Crippen LogP contribution in [-0.4, -0.2) is 49.7 Å². The van der Waals surface area contributed by atoms with Crippen LogP contribution in [0, 0.1) is 5.82 Å². The first-order valence-electron chi connectivity index (χ1n) is 11.4. The van der Waals surface area contributed by atoms with Crippen LogP contribution in [0.4, 0.5) is 15.8 Å². The second-order valence-corrected chi connectivity index (χ2v) is 8.52. The molecule has 31 heavy (non-hydrogen) atoms. The number of carbonyl (C=O) groups is 1. The molecule has 5 nitrogen and oxygen atoms in total. The molecular weight excluding hydrogens is 393 g/mol. The smallest absolute Gasteiger partial charge is 0.238 e. The van der Waals surface area contributed by atoms with Crippen molar-refractivity contribution >= 4 is 17.3 Å². The molecule has 1 aliphatic carbocycles. The Hall–Kier alpha value is -2.44. The maximum Gasteiger partial charge on any atom is 0.238 e. The first kappa shape index (κ1) is 21.8. The summed E-state index contributed by atoms with van der Waals surface area (Å²) in [4.78, 5) is 17.4. The van der Waals surface area contributed by atoms with Gasteiger partial charge in [-0.05, 0) is 54.8 Å². The summed E-state index contributed by atoms with van der Waals surface area (Å²) < 4.78 is 18.7. The van der Waals surface area contributed by atoms with Crippen LogP contribution < -0.4 is 10.2 Å². The highest BCUT2D eigenvalue weighted by Gasteiger charge is 2.23. The molecule has 1 amide bonds. The summed E-state index contributed by atoms with van der Waals surface area (Å²) >= 11 is 0. The number of hydrogen-bond acceptors (Lipinski definition) is 4. The molecule has 0 unspecified atom stereocenters. The second-order valence-electron chi connectivity index (χ2n) is 8.52. The van der Waals surface area contributed by atoms with E-state index in [1.807, 2.05) is 24.3 Å². The first-order chi connectivity index (χ1) is 15.2. The summed E-state index contributed by atoms with van der Waals surface area (Å²) in [6, 6.07) is 15.0. The van der Waals surface area contributed by atoms with Gasteiger partial charge in [0.15, 0.2) is 0 Å². The van der Waals surface area contributed by atoms with Crippen LogP contribution in [0.25, 0.3) is 0 Å². The predicted molar refractivity (Wildman–Crippen MR) is 122 cm³/mol. The van der Waals surface area contributed by atoms with E-state index in [0.29, 0.717) is 19.1 Å². The van der Waals surface area contributed by atoms with Crippen molar-refractivity contribution in [1.29, 1.82) is 0 Å². The van der Waals surface area contributed by atoms with Crippen molar-refractivity contribution < 1.29 is 13.9 Å². The van der Waals surface area contributed by atoms with Gasteiger partial charge >= 0.3 is 0 Å². The molecule has 1 N–H and O–H groups in total. The Kier molecular flexibility index (Phi) is 7.54. The highest BCUT2D eigenvalue weighted by atomic mass is 19.1. The Morgan fingerprint density at radius 2 is 1.68 bits per heavy atom. The number of nitrogens with zero attached hydrogens (tertiary/aromatic N) is 2. The molecule has 0 radical (unpaired) electrons. The Labute approximate surface area is 184 Å². The normalized spacial score (nSPS) is 17.7. The maximum atomic E-state index is 13.3. The van der Waals surface area contributed by atoms with Gasteiger partial charge in [-0.15, -0.1) is 0 Å². The van der Waals surface area contributed by atoms with E-state index < -0.39 is 0 Å². The highest BCUT2D eigenvalue weighted by Crippen LogP contribution is 2.24. The Morgan fingerprint density at radius 3 is 2.35 bits per heavy atom. The number of hydrogen-bond donors (Lipinski definition) is 1. The third-order valence-electron chi connectivity index (χ3n) is 6.26. The number of carbonyl (C=O) groups excluding carboxylic acids is 1. The molecule has 0 atom stereocenters. The van der Waals surface area contributed by atoms with Crippen LogP contribution in [0.3, 0.4) is 0 Å². The van der Waals surface area contributed by atoms with E-state index in [-0.39, 0.29) is 11.7 Å². The van der Waals surface area contributed by atoms with E-state index in [1.54, 1.807) is 0 Å². The highest BCUT2D eigenvalue weighted by molar-refractivity contribution is 5.92. The average molecular weight is 426 g/mol. The molecule has 2 aliphatic rings. The van der Waals surface area contributed by atoms with Gasteiger partial charge in [0, 0.05) is 37.1 Å². The number of anilines is 2. The van der Waals surface area contributed by atoms with Crippen LogP contribution in [0.5, 0.6) is 0 Å². The van der Waals surface area contributed by atoms with E-state index in [4.69, 9.17) is 4.74 Å². The molecule has 2 aromatic carbocycles. The van der Waals surface area contributed by atoms with Crippen LogP contribution in [0.15, 0.2) is 48.5 Å². The molecule has 4 rings (SSSR count). The Balaban J connectivity index is 1.37. The van der Waals surface area contributed by atoms with Crippen molar-refractivity contribution in [2.45, 2.75) is 44.7 Å². The summed E-state index contributed by atoms with van der Waals surface area (Å²) in [5.74, 6) is -0.238. The van der Waals surface area contributed by atoms with Gasteiger partial charge in [0.25, 0.3) is 0 Å². The number of morpholine rings is 1. The molecule has 2 aromatic rings. The third-order valence-corrected chi connectivity index (χ3v) is 6.26. The van der Waals surface area contributed by atoms with E-state index in [0.717, 1.165) is 56.1 Å². The lowest BCUT2D eigenvalue weighted by Crippen LogP contribution is -2.41. The quantitative estimate of drug-likeness (QED) is 0.713. The molecule has 1 saturated carbocycles. The monoisotopic (exact) mass is 425 g/mol. The van der Waals surface area contributed by atoms with Crippen LogP contribution in [0.2, 0.25) is 0 Å². The molecule has 0 spiro atoms. The van der Waals surface area contributed by atoms with Gasteiger partial charge in [0.2, 0.25) is 5.91 Å². The van der Waals surface area contributed by atoms with E-state index in [2.05, 4.69) is 27.2 Å². The zero-order valence-electron chi connectivity index (χ0n) is 18.1. The average Bonchev–Trinajstić information content (AvgIpc) is 2.82. The molecule has 1 saturated heterocycles. The first-order valence-corrected chi connectivity index (χ1v) is 11.4. The number of benzene rings is 2. The topological polar surface area (TPSA) is 44.8 Å². The van der Waals surface area contributed by atoms with Gasteiger partial charge in [-0.1, -0.05) is 31.4 Å². The summed E-state index contributed by atoms with van der Waals surface area (Å²) in [5, 5.41) is 3.05. The predicted octanol–water partition coefficient (Wildman–Crippen LogP) is 4.44. The minimum Gasteiger partial charge on any atom is -0.378 e. The number of nitrogens with one attached hydrogen (secondary N) is 1. The van der Waals surface area contributed by atoms with E-state index >= 15 is 0 Å². The molecule has 1 heterocycles. The lowest BCUT2D eigenvalue weighted by molar-refractivity contribution is -0.118. The SMILES string of the molecule is O=C(CN(Cc1ccc(F)cc1)C1CCCCC1)Nc1ccc(N2CCOCC2)cc1. The molecule has 0 bridgehead atoms. The summed E-state index contributed by atoms with van der Waals surface area (Å²) in [5.41, 5.74) is 3.00. The van der Waals surface area contributed by atoms with Gasteiger partial charge in [-0.25, -0.2) is 4.39 Å². The largest absolute Gasteiger partial charge is 0.378 e. The second kappa shape index (κ2) is 10.7. The fourth-order valence-corrected chi connectivity index (χ4v) is 4.55. The van der Waals surface area contributed by atoms with E-state index in [1.165, 1.54) is 31.4 Å². The van der Waals surface area contributed by atoms with Crippen molar-refractivity contribution in [1.82, 2.24) is 4.90 Å². The fraction of sp³-hybridized carbons (Fsp3) is 0.480. The van der Waals surface area contributed by atoms with Gasteiger partial charge < -0.3 is 15.0 Å². The van der Waals surface area contributed by atoms with Crippen LogP contribution in [-0.2, 0) is 16.1 Å². The fourth-order valence-electron chi connectivity index (χ4n) is 4.55. The standard InChI is InChI=1S/C25H32FN3O2/c26-21-8-6-20(7-9-21)18-29(23-4-2-1-3-5-23)19-25(30)27-22-10-12-24(13-11-22)28-14-16-31-17-15-28/h6-13,23H,1-5,14-19H2,(H,27,30). The molecule has 6 heteroatoms. The zero-order chi connectivity index (χ0) is 21.5.